The molecular formula is C34H34N4O3. The van der Waals surface area contributed by atoms with Gasteiger partial charge in [-0.1, -0.05) is 36.4 Å². The first kappa shape index (κ1) is 24.8. The van der Waals surface area contributed by atoms with Crippen molar-refractivity contribution in [2.45, 2.75) is 38.6 Å². The van der Waals surface area contributed by atoms with Crippen molar-refractivity contribution < 1.29 is 14.4 Å². The van der Waals surface area contributed by atoms with Gasteiger partial charge >= 0.3 is 0 Å². The van der Waals surface area contributed by atoms with Crippen molar-refractivity contribution in [3.8, 4) is 0 Å². The van der Waals surface area contributed by atoms with Crippen molar-refractivity contribution in [2.75, 3.05) is 24.5 Å². The smallest absolute Gasteiger partial charge is 0.263 e. The highest BCUT2D eigenvalue weighted by Gasteiger charge is 2.62. The van der Waals surface area contributed by atoms with E-state index in [1.165, 1.54) is 24.2 Å². The van der Waals surface area contributed by atoms with E-state index >= 15 is 0 Å². The molecule has 2 aromatic carbocycles. The molecule has 3 fully saturated rings. The fraction of sp³-hybridized carbons (Fsp3) is 0.412. The largest absolute Gasteiger partial charge is 0.371 e. The van der Waals surface area contributed by atoms with Gasteiger partial charge in [0.25, 0.3) is 11.8 Å². The summed E-state index contributed by atoms with van der Waals surface area (Å²) in [6, 6.07) is 15.3. The van der Waals surface area contributed by atoms with Crippen LogP contribution in [-0.2, 0) is 11.3 Å². The average Bonchev–Trinajstić information content (AvgIpc) is 3.62. The molecule has 3 aliphatic carbocycles. The van der Waals surface area contributed by atoms with Gasteiger partial charge in [0.2, 0.25) is 5.91 Å². The lowest BCUT2D eigenvalue weighted by molar-refractivity contribution is -0.125. The van der Waals surface area contributed by atoms with Gasteiger partial charge < -0.3 is 10.2 Å². The molecule has 1 N–H and O–H groups in total. The van der Waals surface area contributed by atoms with Crippen molar-refractivity contribution in [1.29, 1.82) is 0 Å². The standard InChI is InChI=1S/C34H34N4O3/c39-31(36-19-24-17-25-8-9-27(24)34(25)12-13-34)22-10-14-37(15-11-22)29-7-3-5-26-30(29)33(41)38(32(26)40)20-21-16-23-4-1-2-6-28(23)35-18-21/h1-9,16,18,22,24-25,27H,10-15,17,19-20H2,(H,36,39). The molecule has 1 aromatic heterocycles. The molecule has 5 aliphatic rings. The van der Waals surface area contributed by atoms with Gasteiger partial charge in [-0.05, 0) is 85.1 Å². The quantitative estimate of drug-likeness (QED) is 0.349. The van der Waals surface area contributed by atoms with Crippen LogP contribution in [0.1, 0.15) is 58.4 Å². The average molecular weight is 547 g/mol. The van der Waals surface area contributed by atoms with E-state index in [0.717, 1.165) is 47.5 Å². The summed E-state index contributed by atoms with van der Waals surface area (Å²) in [4.78, 5) is 48.1. The molecule has 7 nitrogen and oxygen atoms in total. The molecule has 1 spiro atoms. The summed E-state index contributed by atoms with van der Waals surface area (Å²) in [5.74, 6) is 1.61. The van der Waals surface area contributed by atoms with Gasteiger partial charge in [0.1, 0.15) is 0 Å². The minimum atomic E-state index is -0.266. The molecule has 3 heterocycles. The molecule has 8 rings (SSSR count). The first-order valence-corrected chi connectivity index (χ1v) is 15.1. The highest BCUT2D eigenvalue weighted by Crippen LogP contribution is 2.69. The number of fused-ring (bicyclic) bond motifs is 2. The van der Waals surface area contributed by atoms with Gasteiger partial charge in [0, 0.05) is 37.1 Å². The van der Waals surface area contributed by atoms with Crippen LogP contribution < -0.4 is 10.2 Å². The number of para-hydroxylation sites is 1. The number of nitrogens with zero attached hydrogens (tertiary/aromatic N) is 3. The first-order chi connectivity index (χ1) is 20.0. The number of aromatic nitrogens is 1. The van der Waals surface area contributed by atoms with Crippen LogP contribution in [0.15, 0.2) is 66.9 Å². The van der Waals surface area contributed by atoms with E-state index in [9.17, 15) is 14.4 Å². The van der Waals surface area contributed by atoms with Crippen molar-refractivity contribution >= 4 is 34.3 Å². The zero-order valence-electron chi connectivity index (χ0n) is 23.1. The summed E-state index contributed by atoms with van der Waals surface area (Å²) in [7, 11) is 0. The van der Waals surface area contributed by atoms with Crippen molar-refractivity contribution in [1.82, 2.24) is 15.2 Å². The van der Waals surface area contributed by atoms with E-state index in [1.54, 1.807) is 12.3 Å². The summed E-state index contributed by atoms with van der Waals surface area (Å²) < 4.78 is 0. The number of benzene rings is 2. The van der Waals surface area contributed by atoms with Crippen LogP contribution in [0, 0.1) is 29.1 Å². The Hall–Kier alpha value is -4.00. The molecule has 3 aromatic rings. The number of amides is 3. The molecule has 3 atom stereocenters. The van der Waals surface area contributed by atoms with Gasteiger partial charge in [-0.15, -0.1) is 0 Å². The number of hydrogen-bond donors (Lipinski definition) is 1. The Balaban J connectivity index is 0.920. The number of carbonyl (C=O) groups is 3. The first-order valence-electron chi connectivity index (χ1n) is 15.1. The molecule has 208 valence electrons. The summed E-state index contributed by atoms with van der Waals surface area (Å²) in [5.41, 5.74) is 3.98. The minimum absolute atomic E-state index is 0.0127. The molecule has 2 aliphatic heterocycles. The second-order valence-electron chi connectivity index (χ2n) is 12.7. The van der Waals surface area contributed by atoms with Crippen LogP contribution in [0.5, 0.6) is 0 Å². The normalized spacial score (nSPS) is 25.9. The molecule has 7 heteroatoms. The Morgan fingerprint density at radius 3 is 2.63 bits per heavy atom. The van der Waals surface area contributed by atoms with Gasteiger partial charge in [0.05, 0.1) is 28.9 Å². The topological polar surface area (TPSA) is 82.6 Å². The predicted octanol–water partition coefficient (Wildman–Crippen LogP) is 4.97. The lowest BCUT2D eigenvalue weighted by Gasteiger charge is -2.34. The zero-order valence-corrected chi connectivity index (χ0v) is 23.1. The fourth-order valence-corrected chi connectivity index (χ4v) is 8.22. The molecule has 2 bridgehead atoms. The number of pyridine rings is 1. The lowest BCUT2D eigenvalue weighted by atomic mass is 9.88. The maximum absolute atomic E-state index is 13.6. The molecular weight excluding hydrogens is 512 g/mol. The van der Waals surface area contributed by atoms with Crippen LogP contribution in [0.25, 0.3) is 10.9 Å². The third kappa shape index (κ3) is 3.92. The van der Waals surface area contributed by atoms with Gasteiger partial charge in [0.15, 0.2) is 0 Å². The Labute approximate surface area is 239 Å². The molecule has 3 amide bonds. The minimum Gasteiger partial charge on any atom is -0.371 e. The highest BCUT2D eigenvalue weighted by atomic mass is 16.2. The van der Waals surface area contributed by atoms with Crippen LogP contribution in [0.3, 0.4) is 0 Å². The van der Waals surface area contributed by atoms with Crippen LogP contribution in [0.2, 0.25) is 0 Å². The Morgan fingerprint density at radius 2 is 1.83 bits per heavy atom. The molecule has 41 heavy (non-hydrogen) atoms. The van der Waals surface area contributed by atoms with Gasteiger partial charge in [-0.2, -0.15) is 0 Å². The number of nitrogens with one attached hydrogen (secondary N) is 1. The second kappa shape index (κ2) is 9.26. The van der Waals surface area contributed by atoms with E-state index in [-0.39, 0.29) is 30.2 Å². The number of piperidine rings is 1. The van der Waals surface area contributed by atoms with E-state index in [2.05, 4.69) is 27.4 Å². The maximum Gasteiger partial charge on any atom is 0.263 e. The second-order valence-corrected chi connectivity index (χ2v) is 12.7. The maximum atomic E-state index is 13.6. The van der Waals surface area contributed by atoms with Crippen LogP contribution in [0.4, 0.5) is 5.69 Å². The number of carbonyl (C=O) groups excluding carboxylic acids is 3. The van der Waals surface area contributed by atoms with Crippen molar-refractivity contribution in [3.63, 3.8) is 0 Å². The van der Waals surface area contributed by atoms with Crippen LogP contribution in [-0.4, -0.2) is 47.2 Å². The summed E-state index contributed by atoms with van der Waals surface area (Å²) in [5, 5.41) is 4.27. The fourth-order valence-electron chi connectivity index (χ4n) is 8.22. The van der Waals surface area contributed by atoms with Crippen molar-refractivity contribution in [3.05, 3.63) is 83.6 Å². The zero-order chi connectivity index (χ0) is 27.7. The predicted molar refractivity (Wildman–Crippen MR) is 156 cm³/mol. The Morgan fingerprint density at radius 1 is 1.00 bits per heavy atom. The van der Waals surface area contributed by atoms with Crippen molar-refractivity contribution in [2.24, 2.45) is 29.1 Å². The molecule has 1 saturated heterocycles. The SMILES string of the molecule is O=C(NCC1CC2C=CC1C21CC1)C1CCN(c2cccc3c2C(=O)N(Cc2cnc4ccccc4c2)C3=O)CC1. The van der Waals surface area contributed by atoms with E-state index < -0.39 is 0 Å². The number of allylic oxidation sites excluding steroid dienone is 2. The van der Waals surface area contributed by atoms with E-state index in [4.69, 9.17) is 0 Å². The highest BCUT2D eigenvalue weighted by molar-refractivity contribution is 6.23. The molecule has 2 saturated carbocycles. The third-order valence-electron chi connectivity index (χ3n) is 10.6. The summed E-state index contributed by atoms with van der Waals surface area (Å²) in [6.45, 7) is 2.35. The third-order valence-corrected chi connectivity index (χ3v) is 10.6. The summed E-state index contributed by atoms with van der Waals surface area (Å²) >= 11 is 0. The Bertz CT molecular complexity index is 1620. The number of anilines is 1. The molecule has 0 radical (unpaired) electrons. The molecule has 3 unspecified atom stereocenters. The van der Waals surface area contributed by atoms with Gasteiger partial charge in [-0.25, -0.2) is 0 Å². The monoisotopic (exact) mass is 546 g/mol. The number of rotatable bonds is 6. The van der Waals surface area contributed by atoms with Crippen LogP contribution >= 0.6 is 0 Å². The number of hydrogen-bond acceptors (Lipinski definition) is 5. The van der Waals surface area contributed by atoms with Gasteiger partial charge in [-0.3, -0.25) is 24.3 Å². The Kier molecular flexibility index (Phi) is 5.60. The lowest BCUT2D eigenvalue weighted by Crippen LogP contribution is -2.42. The summed E-state index contributed by atoms with van der Waals surface area (Å²) in [6.07, 6.45) is 12.0. The van der Waals surface area contributed by atoms with E-state index in [1.807, 2.05) is 42.5 Å². The number of imide groups is 1. The van der Waals surface area contributed by atoms with E-state index in [0.29, 0.717) is 41.5 Å².